The van der Waals surface area contributed by atoms with Gasteiger partial charge in [0.2, 0.25) is 0 Å². The molecule has 1 aliphatic heterocycles. The summed E-state index contributed by atoms with van der Waals surface area (Å²) in [6, 6.07) is 31.9. The van der Waals surface area contributed by atoms with E-state index in [2.05, 4.69) is 98.8 Å². The summed E-state index contributed by atoms with van der Waals surface area (Å²) in [5, 5.41) is 8.45. The summed E-state index contributed by atoms with van der Waals surface area (Å²) in [4.78, 5) is 5.12. The van der Waals surface area contributed by atoms with Crippen LogP contribution in [0.5, 0.6) is 0 Å². The van der Waals surface area contributed by atoms with Crippen LogP contribution in [0.2, 0.25) is 0 Å². The van der Waals surface area contributed by atoms with Crippen LogP contribution in [0.3, 0.4) is 0 Å². The molecule has 0 radical (unpaired) electrons. The third-order valence-corrected chi connectivity index (χ3v) is 10.7. The molecule has 4 aromatic carbocycles. The molecular formula is C31H32NOP. The van der Waals surface area contributed by atoms with E-state index in [1.807, 2.05) is 0 Å². The molecule has 6 rings (SSSR count). The minimum atomic E-state index is -0.597. The van der Waals surface area contributed by atoms with E-state index in [1.54, 1.807) is 0 Å². The molecule has 2 aliphatic rings. The zero-order chi connectivity index (χ0) is 23.1. The van der Waals surface area contributed by atoms with Gasteiger partial charge in [0.15, 0.2) is 5.90 Å². The molecule has 3 heteroatoms. The Bertz CT molecular complexity index is 1270. The van der Waals surface area contributed by atoms with Crippen LogP contribution in [-0.4, -0.2) is 24.2 Å². The van der Waals surface area contributed by atoms with Crippen LogP contribution < -0.4 is 10.6 Å². The molecule has 1 heterocycles. The molecule has 3 unspecified atom stereocenters. The summed E-state index contributed by atoms with van der Waals surface area (Å²) in [6.07, 6.45) is 3.67. The zero-order valence-corrected chi connectivity index (χ0v) is 20.9. The summed E-state index contributed by atoms with van der Waals surface area (Å²) in [5.74, 6) is 1.97. The van der Waals surface area contributed by atoms with Crippen molar-refractivity contribution >= 4 is 46.0 Å². The van der Waals surface area contributed by atoms with Gasteiger partial charge >= 0.3 is 0 Å². The number of benzene rings is 4. The smallest absolute Gasteiger partial charge is 0.187 e. The molecule has 0 amide bonds. The van der Waals surface area contributed by atoms with Gasteiger partial charge < -0.3 is 4.74 Å². The second kappa shape index (κ2) is 9.16. The largest absolute Gasteiger partial charge is 0.478 e. The first kappa shape index (κ1) is 21.8. The Balaban J connectivity index is 1.54. The lowest BCUT2D eigenvalue weighted by Gasteiger charge is -2.31. The normalized spacial score (nSPS) is 22.6. The number of hydrogen-bond donors (Lipinski definition) is 0. The van der Waals surface area contributed by atoms with E-state index in [0.29, 0.717) is 23.5 Å². The summed E-state index contributed by atoms with van der Waals surface area (Å²) in [5.41, 5.74) is 0.538. The minimum absolute atomic E-state index is 0.303. The molecule has 3 atom stereocenters. The molecule has 4 aromatic rings. The third-order valence-electron chi connectivity index (χ3n) is 7.65. The van der Waals surface area contributed by atoms with E-state index in [0.717, 1.165) is 12.5 Å². The Labute approximate surface area is 203 Å². The van der Waals surface area contributed by atoms with Crippen molar-refractivity contribution in [3.05, 3.63) is 84.9 Å². The Kier molecular flexibility index (Phi) is 5.87. The highest BCUT2D eigenvalue weighted by atomic mass is 31.1. The number of rotatable bonds is 5. The quantitative estimate of drug-likeness (QED) is 0.290. The van der Waals surface area contributed by atoms with Gasteiger partial charge in [0, 0.05) is 5.92 Å². The van der Waals surface area contributed by atoms with Crippen LogP contribution in [-0.2, 0) is 4.74 Å². The van der Waals surface area contributed by atoms with Crippen molar-refractivity contribution in [3.63, 3.8) is 0 Å². The molecule has 1 fully saturated rings. The van der Waals surface area contributed by atoms with Crippen molar-refractivity contribution in [2.45, 2.75) is 44.8 Å². The average molecular weight is 466 g/mol. The third kappa shape index (κ3) is 3.83. The van der Waals surface area contributed by atoms with Crippen molar-refractivity contribution < 1.29 is 4.74 Å². The molecule has 2 nitrogen and oxygen atoms in total. The lowest BCUT2D eigenvalue weighted by Crippen LogP contribution is -2.30. The first-order valence-electron chi connectivity index (χ1n) is 12.7. The molecule has 34 heavy (non-hydrogen) atoms. The van der Waals surface area contributed by atoms with Crippen LogP contribution in [0, 0.1) is 11.8 Å². The van der Waals surface area contributed by atoms with Gasteiger partial charge in [-0.1, -0.05) is 105 Å². The fourth-order valence-electron chi connectivity index (χ4n) is 5.81. The van der Waals surface area contributed by atoms with Crippen LogP contribution in [0.4, 0.5) is 0 Å². The van der Waals surface area contributed by atoms with Gasteiger partial charge in [0.25, 0.3) is 0 Å². The van der Waals surface area contributed by atoms with Gasteiger partial charge in [-0.2, -0.15) is 0 Å². The summed E-state index contributed by atoms with van der Waals surface area (Å²) in [7, 11) is -0.597. The zero-order valence-electron chi connectivity index (χ0n) is 20.0. The second-order valence-electron chi connectivity index (χ2n) is 10.1. The average Bonchev–Trinajstić information content (AvgIpc) is 3.55. The summed E-state index contributed by atoms with van der Waals surface area (Å²) in [6.45, 7) is 5.26. The predicted octanol–water partition coefficient (Wildman–Crippen LogP) is 7.05. The van der Waals surface area contributed by atoms with E-state index < -0.39 is 7.92 Å². The Morgan fingerprint density at radius 3 is 1.94 bits per heavy atom. The molecule has 172 valence electrons. The Hall–Kier alpha value is -2.70. The first-order chi connectivity index (χ1) is 16.7. The predicted molar refractivity (Wildman–Crippen MR) is 147 cm³/mol. The van der Waals surface area contributed by atoms with E-state index in [-0.39, 0.29) is 0 Å². The van der Waals surface area contributed by atoms with Gasteiger partial charge in [-0.05, 0) is 64.5 Å². The number of ether oxygens (including phenoxy) is 1. The molecule has 0 saturated heterocycles. The Morgan fingerprint density at radius 1 is 0.765 bits per heavy atom. The lowest BCUT2D eigenvalue weighted by molar-refractivity contribution is 0.277. The van der Waals surface area contributed by atoms with E-state index in [1.165, 1.54) is 51.4 Å². The molecule has 0 N–H and O–H groups in total. The maximum atomic E-state index is 6.30. The monoisotopic (exact) mass is 465 g/mol. The van der Waals surface area contributed by atoms with Gasteiger partial charge in [-0.15, -0.1) is 0 Å². The van der Waals surface area contributed by atoms with Crippen molar-refractivity contribution in [2.24, 2.45) is 16.8 Å². The van der Waals surface area contributed by atoms with E-state index in [4.69, 9.17) is 9.73 Å². The highest BCUT2D eigenvalue weighted by Crippen LogP contribution is 2.53. The number of aliphatic imine (C=N–C) groups is 1. The fraction of sp³-hybridized carbons (Fsp3) is 0.323. The molecule has 0 aromatic heterocycles. The van der Waals surface area contributed by atoms with Crippen LogP contribution in [0.15, 0.2) is 89.9 Å². The first-order valence-corrected chi connectivity index (χ1v) is 14.1. The van der Waals surface area contributed by atoms with Crippen molar-refractivity contribution in [1.29, 1.82) is 0 Å². The highest BCUT2D eigenvalue weighted by molar-refractivity contribution is 7.74. The second-order valence-corrected chi connectivity index (χ2v) is 12.4. The molecule has 1 aliphatic carbocycles. The standard InChI is InChI=1S/C31H32NOP/c1-21(2)27-20-33-31(32-27)26-16-9-19-30(26)34(28-17-7-12-22-10-3-5-14-24(22)28)29-18-8-13-23-11-4-6-15-25(23)29/h3-8,10-15,17-18,21,26-27,30H,9,16,19-20H2,1-2H3. The van der Waals surface area contributed by atoms with Crippen molar-refractivity contribution in [1.82, 2.24) is 0 Å². The van der Waals surface area contributed by atoms with Crippen molar-refractivity contribution in [3.8, 4) is 0 Å². The minimum Gasteiger partial charge on any atom is -0.478 e. The van der Waals surface area contributed by atoms with Crippen molar-refractivity contribution in [2.75, 3.05) is 6.61 Å². The van der Waals surface area contributed by atoms with Gasteiger partial charge in [-0.3, -0.25) is 0 Å². The molecule has 1 saturated carbocycles. The highest BCUT2D eigenvalue weighted by Gasteiger charge is 2.41. The maximum absolute atomic E-state index is 6.30. The van der Waals surface area contributed by atoms with Gasteiger partial charge in [0.1, 0.15) is 6.61 Å². The molecule has 0 bridgehead atoms. The molecular weight excluding hydrogens is 433 g/mol. The topological polar surface area (TPSA) is 21.6 Å². The van der Waals surface area contributed by atoms with E-state index >= 15 is 0 Å². The van der Waals surface area contributed by atoms with Crippen LogP contribution >= 0.6 is 7.92 Å². The van der Waals surface area contributed by atoms with Gasteiger partial charge in [-0.25, -0.2) is 4.99 Å². The summed E-state index contributed by atoms with van der Waals surface area (Å²) >= 11 is 0. The summed E-state index contributed by atoms with van der Waals surface area (Å²) < 4.78 is 6.30. The van der Waals surface area contributed by atoms with Crippen LogP contribution in [0.25, 0.3) is 21.5 Å². The molecule has 0 spiro atoms. The maximum Gasteiger partial charge on any atom is 0.187 e. The fourth-order valence-corrected chi connectivity index (χ4v) is 9.29. The number of nitrogens with zero attached hydrogens (tertiary/aromatic N) is 1. The Morgan fingerprint density at radius 2 is 1.35 bits per heavy atom. The lowest BCUT2D eigenvalue weighted by atomic mass is 10.1. The number of hydrogen-bond acceptors (Lipinski definition) is 2. The van der Waals surface area contributed by atoms with Gasteiger partial charge in [0.05, 0.1) is 6.04 Å². The van der Waals surface area contributed by atoms with E-state index in [9.17, 15) is 0 Å². The SMILES string of the molecule is CC(C)C1COC(C2CCCC2P(c2cccc3ccccc23)c2cccc3ccccc23)=N1. The van der Waals surface area contributed by atoms with Crippen LogP contribution in [0.1, 0.15) is 33.1 Å². The number of fused-ring (bicyclic) bond motifs is 2.